The van der Waals surface area contributed by atoms with Crippen LogP contribution in [0.1, 0.15) is 12.1 Å². The summed E-state index contributed by atoms with van der Waals surface area (Å²) >= 11 is 0. The topological polar surface area (TPSA) is 58.7 Å². The molecule has 148 valence electrons. The van der Waals surface area contributed by atoms with Gasteiger partial charge in [0.1, 0.15) is 5.65 Å². The van der Waals surface area contributed by atoms with E-state index in [2.05, 4.69) is 30.0 Å². The summed E-state index contributed by atoms with van der Waals surface area (Å²) in [5.74, 6) is 0.218. The highest BCUT2D eigenvalue weighted by Crippen LogP contribution is 2.14. The lowest BCUT2D eigenvalue weighted by Crippen LogP contribution is -2.48. The van der Waals surface area contributed by atoms with Crippen LogP contribution >= 0.6 is 0 Å². The maximum atomic E-state index is 12.7. The van der Waals surface area contributed by atoms with E-state index in [1.165, 1.54) is 0 Å². The fourth-order valence-electron chi connectivity index (χ4n) is 4.01. The van der Waals surface area contributed by atoms with E-state index in [0.29, 0.717) is 13.0 Å². The van der Waals surface area contributed by atoms with Crippen LogP contribution in [-0.2, 0) is 17.9 Å². The van der Waals surface area contributed by atoms with Crippen molar-refractivity contribution in [3.8, 4) is 0 Å². The molecule has 0 radical (unpaired) electrons. The predicted octanol–water partition coefficient (Wildman–Crippen LogP) is 2.42. The van der Waals surface area contributed by atoms with Crippen LogP contribution in [0.4, 0.5) is 0 Å². The van der Waals surface area contributed by atoms with Gasteiger partial charge in [0.15, 0.2) is 0 Å². The Kier molecular flexibility index (Phi) is 4.73. The number of aryl methyl sites for hydroxylation is 1. The molecule has 0 N–H and O–H groups in total. The second kappa shape index (κ2) is 7.67. The molecular weight excluding hydrogens is 364 g/mol. The SMILES string of the molecule is O=C(CCn1cnc2ccccc21)N1CCN(Cc2cn3ccccc3n2)CC1. The molecular formula is C22H24N6O. The summed E-state index contributed by atoms with van der Waals surface area (Å²) in [6, 6.07) is 14.1. The monoisotopic (exact) mass is 388 g/mol. The van der Waals surface area contributed by atoms with Gasteiger partial charge in [-0.05, 0) is 24.3 Å². The molecule has 1 aromatic carbocycles. The van der Waals surface area contributed by atoms with Crippen LogP contribution in [0.3, 0.4) is 0 Å². The molecule has 0 atom stereocenters. The van der Waals surface area contributed by atoms with Gasteiger partial charge in [0, 0.05) is 58.1 Å². The normalized spacial score (nSPS) is 15.4. The fraction of sp³-hybridized carbons (Fsp3) is 0.318. The number of para-hydroxylation sites is 2. The molecule has 5 rings (SSSR count). The molecule has 3 aromatic heterocycles. The van der Waals surface area contributed by atoms with Crippen LogP contribution in [0.25, 0.3) is 16.7 Å². The highest BCUT2D eigenvalue weighted by Gasteiger charge is 2.21. The van der Waals surface area contributed by atoms with E-state index in [1.54, 1.807) is 0 Å². The van der Waals surface area contributed by atoms with Crippen molar-refractivity contribution in [1.82, 2.24) is 28.7 Å². The number of hydrogen-bond donors (Lipinski definition) is 0. The number of imidazole rings is 2. The smallest absolute Gasteiger partial charge is 0.224 e. The third-order valence-electron chi connectivity index (χ3n) is 5.62. The molecule has 1 aliphatic rings. The van der Waals surface area contributed by atoms with Crippen LogP contribution in [0.15, 0.2) is 61.2 Å². The molecule has 0 spiro atoms. The molecule has 1 aliphatic heterocycles. The minimum absolute atomic E-state index is 0.218. The van der Waals surface area contributed by atoms with E-state index in [0.717, 1.165) is 55.1 Å². The standard InChI is InChI=1S/C22H24N6O/c29-22(8-10-28-17-23-19-5-1-2-6-20(19)28)26-13-11-25(12-14-26)15-18-16-27-9-4-3-7-21(27)24-18/h1-7,9,16-17H,8,10-15H2. The summed E-state index contributed by atoms with van der Waals surface area (Å²) in [5.41, 5.74) is 4.10. The Morgan fingerprint density at radius 3 is 2.69 bits per heavy atom. The largest absolute Gasteiger partial charge is 0.340 e. The average Bonchev–Trinajstić information content (AvgIpc) is 3.36. The average molecular weight is 388 g/mol. The first kappa shape index (κ1) is 17.9. The van der Waals surface area contributed by atoms with Gasteiger partial charge in [-0.25, -0.2) is 9.97 Å². The highest BCUT2D eigenvalue weighted by molar-refractivity contribution is 5.77. The molecule has 7 nitrogen and oxygen atoms in total. The van der Waals surface area contributed by atoms with Crippen LogP contribution in [-0.4, -0.2) is 60.8 Å². The zero-order valence-electron chi connectivity index (χ0n) is 16.3. The zero-order chi connectivity index (χ0) is 19.6. The lowest BCUT2D eigenvalue weighted by Gasteiger charge is -2.34. The Labute approximate surface area is 169 Å². The number of benzene rings is 1. The van der Waals surface area contributed by atoms with E-state index < -0.39 is 0 Å². The first-order valence-electron chi connectivity index (χ1n) is 10.1. The molecule has 1 fully saturated rings. The summed E-state index contributed by atoms with van der Waals surface area (Å²) in [5, 5.41) is 0. The van der Waals surface area contributed by atoms with Crippen molar-refractivity contribution in [3.63, 3.8) is 0 Å². The number of fused-ring (bicyclic) bond motifs is 2. The zero-order valence-corrected chi connectivity index (χ0v) is 16.3. The molecule has 0 saturated carbocycles. The molecule has 29 heavy (non-hydrogen) atoms. The first-order valence-corrected chi connectivity index (χ1v) is 10.1. The summed E-state index contributed by atoms with van der Waals surface area (Å²) in [7, 11) is 0. The lowest BCUT2D eigenvalue weighted by molar-refractivity contribution is -0.133. The van der Waals surface area contributed by atoms with E-state index in [9.17, 15) is 4.79 Å². The number of carbonyl (C=O) groups excluding carboxylic acids is 1. The Hall–Kier alpha value is -3.19. The Morgan fingerprint density at radius 1 is 1.00 bits per heavy atom. The van der Waals surface area contributed by atoms with Crippen molar-refractivity contribution in [2.45, 2.75) is 19.5 Å². The molecule has 4 aromatic rings. The summed E-state index contributed by atoms with van der Waals surface area (Å²) < 4.78 is 4.11. The minimum atomic E-state index is 0.218. The quantitative estimate of drug-likeness (QED) is 0.527. The minimum Gasteiger partial charge on any atom is -0.340 e. The summed E-state index contributed by atoms with van der Waals surface area (Å²) in [6.07, 6.45) is 6.44. The van der Waals surface area contributed by atoms with Crippen molar-refractivity contribution in [2.24, 2.45) is 0 Å². The summed E-state index contributed by atoms with van der Waals surface area (Å²) in [6.45, 7) is 4.81. The maximum Gasteiger partial charge on any atom is 0.224 e. The van der Waals surface area contributed by atoms with E-state index in [4.69, 9.17) is 0 Å². The second-order valence-corrected chi connectivity index (χ2v) is 7.53. The van der Waals surface area contributed by atoms with Gasteiger partial charge in [0.05, 0.1) is 23.1 Å². The number of carbonyl (C=O) groups is 1. The summed E-state index contributed by atoms with van der Waals surface area (Å²) in [4.78, 5) is 26.1. The third-order valence-corrected chi connectivity index (χ3v) is 5.62. The Bertz CT molecular complexity index is 1110. The molecule has 1 saturated heterocycles. The number of rotatable bonds is 5. The number of nitrogens with zero attached hydrogens (tertiary/aromatic N) is 6. The fourth-order valence-corrected chi connectivity index (χ4v) is 4.01. The van der Waals surface area contributed by atoms with Gasteiger partial charge in [-0.2, -0.15) is 0 Å². The van der Waals surface area contributed by atoms with Gasteiger partial charge in [0.2, 0.25) is 5.91 Å². The van der Waals surface area contributed by atoms with Gasteiger partial charge in [-0.3, -0.25) is 9.69 Å². The molecule has 0 aliphatic carbocycles. The maximum absolute atomic E-state index is 12.7. The highest BCUT2D eigenvalue weighted by atomic mass is 16.2. The second-order valence-electron chi connectivity index (χ2n) is 7.53. The van der Waals surface area contributed by atoms with E-state index in [-0.39, 0.29) is 5.91 Å². The van der Waals surface area contributed by atoms with Crippen molar-refractivity contribution < 1.29 is 4.79 Å². The first-order chi connectivity index (χ1) is 14.3. The predicted molar refractivity (Wildman–Crippen MR) is 111 cm³/mol. The van der Waals surface area contributed by atoms with Crippen molar-refractivity contribution >= 4 is 22.6 Å². The molecule has 0 unspecified atom stereocenters. The van der Waals surface area contributed by atoms with Gasteiger partial charge in [0.25, 0.3) is 0 Å². The number of hydrogen-bond acceptors (Lipinski definition) is 4. The Morgan fingerprint density at radius 2 is 1.83 bits per heavy atom. The van der Waals surface area contributed by atoms with Crippen LogP contribution < -0.4 is 0 Å². The van der Waals surface area contributed by atoms with E-state index >= 15 is 0 Å². The number of pyridine rings is 1. The van der Waals surface area contributed by atoms with E-state index in [1.807, 2.05) is 59.9 Å². The molecule has 7 heteroatoms. The lowest BCUT2D eigenvalue weighted by atomic mass is 10.2. The number of amides is 1. The van der Waals surface area contributed by atoms with Gasteiger partial charge < -0.3 is 13.9 Å². The van der Waals surface area contributed by atoms with Gasteiger partial charge in [-0.1, -0.05) is 18.2 Å². The van der Waals surface area contributed by atoms with Gasteiger partial charge >= 0.3 is 0 Å². The van der Waals surface area contributed by atoms with Crippen molar-refractivity contribution in [1.29, 1.82) is 0 Å². The van der Waals surface area contributed by atoms with Crippen molar-refractivity contribution in [2.75, 3.05) is 26.2 Å². The third kappa shape index (κ3) is 3.73. The number of aromatic nitrogens is 4. The van der Waals surface area contributed by atoms with Gasteiger partial charge in [-0.15, -0.1) is 0 Å². The Balaban J connectivity index is 1.13. The van der Waals surface area contributed by atoms with Crippen molar-refractivity contribution in [3.05, 3.63) is 66.9 Å². The molecule has 1 amide bonds. The van der Waals surface area contributed by atoms with Crippen LogP contribution in [0.2, 0.25) is 0 Å². The number of piperazine rings is 1. The molecule has 4 heterocycles. The molecule has 0 bridgehead atoms. The van der Waals surface area contributed by atoms with Crippen LogP contribution in [0.5, 0.6) is 0 Å². The van der Waals surface area contributed by atoms with Crippen LogP contribution in [0, 0.1) is 0 Å².